The molecule has 5 nitrogen and oxygen atoms in total. The summed E-state index contributed by atoms with van der Waals surface area (Å²) in [6.07, 6.45) is 0. The number of allylic oxidation sites excluding steroid dienone is 1. The van der Waals surface area contributed by atoms with Gasteiger partial charge in [-0.25, -0.2) is 4.98 Å². The second-order valence-corrected chi connectivity index (χ2v) is 4.09. The van der Waals surface area contributed by atoms with Crippen molar-refractivity contribution in [2.45, 2.75) is 13.8 Å². The standard InChI is InChI=1S/C14H11BN4O/c1-9-13(17-10(2)19-18-9)14(20-15)12(8-16)11-6-4-3-5-7-11/h3-7H,1-2H3/b14-12-. The summed E-state index contributed by atoms with van der Waals surface area (Å²) >= 11 is 0. The first-order chi connectivity index (χ1) is 9.67. The Morgan fingerprint density at radius 3 is 2.50 bits per heavy atom. The Kier molecular flexibility index (Phi) is 4.11. The van der Waals surface area contributed by atoms with E-state index in [9.17, 15) is 5.26 Å². The van der Waals surface area contributed by atoms with Gasteiger partial charge in [0.1, 0.15) is 28.9 Å². The van der Waals surface area contributed by atoms with Crippen LogP contribution in [0.2, 0.25) is 0 Å². The number of nitrogens with zero attached hydrogens (tertiary/aromatic N) is 4. The molecule has 1 heterocycles. The lowest BCUT2D eigenvalue weighted by Crippen LogP contribution is -2.05. The Labute approximate surface area is 118 Å². The maximum absolute atomic E-state index is 9.40. The minimum absolute atomic E-state index is 0.189. The van der Waals surface area contributed by atoms with E-state index in [4.69, 9.17) is 12.7 Å². The lowest BCUT2D eigenvalue weighted by Gasteiger charge is -2.11. The molecule has 1 aromatic carbocycles. The highest BCUT2D eigenvalue weighted by atomic mass is 16.4. The Balaban J connectivity index is 2.68. The number of hydrogen-bond donors (Lipinski definition) is 0. The normalized spacial score (nSPS) is 11.4. The largest absolute Gasteiger partial charge is 0.565 e. The molecule has 2 rings (SSSR count). The van der Waals surface area contributed by atoms with E-state index in [-0.39, 0.29) is 5.76 Å². The van der Waals surface area contributed by atoms with Crippen molar-refractivity contribution in [3.8, 4) is 6.07 Å². The van der Waals surface area contributed by atoms with Gasteiger partial charge in [0, 0.05) is 0 Å². The van der Waals surface area contributed by atoms with Crippen LogP contribution >= 0.6 is 0 Å². The van der Waals surface area contributed by atoms with Crippen molar-refractivity contribution in [1.29, 1.82) is 5.26 Å². The van der Waals surface area contributed by atoms with Crippen LogP contribution in [0.5, 0.6) is 0 Å². The summed E-state index contributed by atoms with van der Waals surface area (Å²) in [6.45, 7) is 3.44. The average Bonchev–Trinajstić information content (AvgIpc) is 2.48. The molecule has 0 saturated heterocycles. The third kappa shape index (κ3) is 2.67. The van der Waals surface area contributed by atoms with Gasteiger partial charge in [-0.15, -0.1) is 5.10 Å². The predicted molar refractivity (Wildman–Crippen MR) is 75.0 cm³/mol. The second kappa shape index (κ2) is 5.98. The zero-order chi connectivity index (χ0) is 14.5. The highest BCUT2D eigenvalue weighted by Crippen LogP contribution is 2.26. The lowest BCUT2D eigenvalue weighted by atomic mass is 10.0. The molecule has 0 N–H and O–H groups in total. The fourth-order valence-corrected chi connectivity index (χ4v) is 1.76. The van der Waals surface area contributed by atoms with Crippen LogP contribution in [-0.4, -0.2) is 23.2 Å². The summed E-state index contributed by atoms with van der Waals surface area (Å²) in [4.78, 5) is 4.25. The van der Waals surface area contributed by atoms with E-state index >= 15 is 0 Å². The average molecular weight is 262 g/mol. The van der Waals surface area contributed by atoms with Crippen molar-refractivity contribution in [3.63, 3.8) is 0 Å². The molecule has 0 amide bonds. The van der Waals surface area contributed by atoms with Crippen LogP contribution in [0.25, 0.3) is 11.3 Å². The molecule has 0 aliphatic carbocycles. The van der Waals surface area contributed by atoms with Gasteiger partial charge in [-0.3, -0.25) is 0 Å². The van der Waals surface area contributed by atoms with Gasteiger partial charge in [0.25, 0.3) is 0 Å². The molecule has 0 spiro atoms. The molecular formula is C14H11BN4O. The first-order valence-electron chi connectivity index (χ1n) is 5.92. The molecule has 0 fully saturated rings. The first kappa shape index (κ1) is 13.7. The summed E-state index contributed by atoms with van der Waals surface area (Å²) in [7, 11) is 5.34. The van der Waals surface area contributed by atoms with Crippen LogP contribution in [0.4, 0.5) is 0 Å². The summed E-state index contributed by atoms with van der Waals surface area (Å²) in [5.74, 6) is 0.666. The van der Waals surface area contributed by atoms with Crippen LogP contribution in [0.3, 0.4) is 0 Å². The maximum atomic E-state index is 9.40. The number of benzene rings is 1. The third-order valence-corrected chi connectivity index (χ3v) is 2.70. The van der Waals surface area contributed by atoms with E-state index in [2.05, 4.69) is 21.3 Å². The van der Waals surface area contributed by atoms with Crippen LogP contribution in [0.15, 0.2) is 30.3 Å². The number of nitriles is 1. The molecule has 96 valence electrons. The Hall–Kier alpha value is -2.68. The quantitative estimate of drug-likeness (QED) is 0.480. The molecule has 0 aliphatic rings. The maximum Gasteiger partial charge on any atom is 0.374 e. The predicted octanol–water partition coefficient (Wildman–Crippen LogP) is 1.98. The molecule has 6 heteroatoms. The Morgan fingerprint density at radius 2 is 1.90 bits per heavy atom. The van der Waals surface area contributed by atoms with Crippen molar-refractivity contribution in [1.82, 2.24) is 15.2 Å². The molecule has 0 saturated carbocycles. The zero-order valence-corrected chi connectivity index (χ0v) is 11.2. The van der Waals surface area contributed by atoms with Gasteiger partial charge in [0.15, 0.2) is 0 Å². The molecule has 0 bridgehead atoms. The van der Waals surface area contributed by atoms with E-state index in [1.165, 1.54) is 0 Å². The van der Waals surface area contributed by atoms with E-state index in [1.807, 2.05) is 18.2 Å². The van der Waals surface area contributed by atoms with Gasteiger partial charge >= 0.3 is 8.05 Å². The third-order valence-electron chi connectivity index (χ3n) is 2.70. The van der Waals surface area contributed by atoms with Crippen LogP contribution < -0.4 is 0 Å². The molecule has 20 heavy (non-hydrogen) atoms. The minimum Gasteiger partial charge on any atom is -0.565 e. The summed E-state index contributed by atoms with van der Waals surface area (Å²) < 4.78 is 4.91. The van der Waals surface area contributed by atoms with Gasteiger partial charge in [-0.2, -0.15) is 10.4 Å². The molecule has 0 unspecified atom stereocenters. The van der Waals surface area contributed by atoms with Crippen molar-refractivity contribution in [3.05, 3.63) is 53.1 Å². The van der Waals surface area contributed by atoms with Gasteiger partial charge in [0.2, 0.25) is 0 Å². The Bertz CT molecular complexity index is 692. The van der Waals surface area contributed by atoms with Gasteiger partial charge in [-0.1, -0.05) is 30.3 Å². The van der Waals surface area contributed by atoms with E-state index in [0.717, 1.165) is 0 Å². The van der Waals surface area contributed by atoms with Gasteiger partial charge in [-0.05, 0) is 19.4 Å². The van der Waals surface area contributed by atoms with Crippen molar-refractivity contribution in [2.24, 2.45) is 0 Å². The highest BCUT2D eigenvalue weighted by molar-refractivity contribution is 6.06. The number of rotatable bonds is 3. The molecular weight excluding hydrogens is 251 g/mol. The molecule has 2 radical (unpaired) electrons. The fraction of sp³-hybridized carbons (Fsp3) is 0.143. The van der Waals surface area contributed by atoms with Crippen molar-refractivity contribution < 1.29 is 4.65 Å². The van der Waals surface area contributed by atoms with Crippen molar-refractivity contribution >= 4 is 19.4 Å². The lowest BCUT2D eigenvalue weighted by molar-refractivity contribution is 0.567. The fourth-order valence-electron chi connectivity index (χ4n) is 1.76. The summed E-state index contributed by atoms with van der Waals surface area (Å²) in [6, 6.07) is 11.2. The Morgan fingerprint density at radius 1 is 1.20 bits per heavy atom. The molecule has 0 aliphatic heterocycles. The topological polar surface area (TPSA) is 71.7 Å². The van der Waals surface area contributed by atoms with Crippen LogP contribution in [-0.2, 0) is 4.65 Å². The molecule has 2 aromatic rings. The van der Waals surface area contributed by atoms with E-state index in [1.54, 1.807) is 26.0 Å². The number of hydrogen-bond acceptors (Lipinski definition) is 5. The van der Waals surface area contributed by atoms with Crippen LogP contribution in [0.1, 0.15) is 22.8 Å². The van der Waals surface area contributed by atoms with Crippen molar-refractivity contribution in [2.75, 3.05) is 0 Å². The van der Waals surface area contributed by atoms with Crippen LogP contribution in [0, 0.1) is 25.2 Å². The highest BCUT2D eigenvalue weighted by Gasteiger charge is 2.16. The summed E-state index contributed by atoms with van der Waals surface area (Å²) in [5, 5.41) is 17.2. The summed E-state index contributed by atoms with van der Waals surface area (Å²) in [5.41, 5.74) is 1.96. The van der Waals surface area contributed by atoms with E-state index in [0.29, 0.717) is 28.3 Å². The number of aromatic nitrogens is 3. The smallest absolute Gasteiger partial charge is 0.374 e. The molecule has 0 atom stereocenters. The zero-order valence-electron chi connectivity index (χ0n) is 11.2. The molecule has 1 aromatic heterocycles. The van der Waals surface area contributed by atoms with Gasteiger partial charge in [0.05, 0.1) is 5.69 Å². The SMILES string of the molecule is [B]O/C(=C(/C#N)c1ccccc1)c1nc(C)nnc1C. The number of aryl methyl sites for hydroxylation is 2. The second-order valence-electron chi connectivity index (χ2n) is 4.09. The van der Waals surface area contributed by atoms with E-state index < -0.39 is 0 Å². The first-order valence-corrected chi connectivity index (χ1v) is 5.92. The monoisotopic (exact) mass is 262 g/mol. The van der Waals surface area contributed by atoms with Gasteiger partial charge < -0.3 is 4.65 Å². The minimum atomic E-state index is 0.189.